The second-order valence-electron chi connectivity index (χ2n) is 7.43. The molecule has 2 fully saturated rings. The van der Waals surface area contributed by atoms with Crippen molar-refractivity contribution in [3.63, 3.8) is 0 Å². The van der Waals surface area contributed by atoms with Crippen LogP contribution in [0.5, 0.6) is 5.75 Å². The van der Waals surface area contributed by atoms with Crippen molar-refractivity contribution in [2.24, 2.45) is 5.92 Å². The fourth-order valence-corrected chi connectivity index (χ4v) is 4.28. The van der Waals surface area contributed by atoms with Gasteiger partial charge >= 0.3 is 0 Å². The number of hydrogen-bond donors (Lipinski definition) is 1. The SMILES string of the molecule is CCOc1ccc(N2C(=O)C[C@H](C(=O)N3CCNCC3)[C@H]2c2ccccc2)cc1.Cl. The molecule has 6 nitrogen and oxygen atoms in total. The van der Waals surface area contributed by atoms with Gasteiger partial charge in [-0.05, 0) is 36.8 Å². The molecule has 0 aromatic heterocycles. The molecule has 2 aromatic carbocycles. The Balaban J connectivity index is 0.00000256. The van der Waals surface area contributed by atoms with Crippen molar-refractivity contribution in [1.29, 1.82) is 0 Å². The minimum absolute atomic E-state index is 0. The monoisotopic (exact) mass is 429 g/mol. The fraction of sp³-hybridized carbons (Fsp3) is 0.391. The van der Waals surface area contributed by atoms with Gasteiger partial charge in [-0.2, -0.15) is 0 Å². The smallest absolute Gasteiger partial charge is 0.228 e. The number of benzene rings is 2. The third-order valence-electron chi connectivity index (χ3n) is 5.64. The number of halogens is 1. The fourth-order valence-electron chi connectivity index (χ4n) is 4.28. The van der Waals surface area contributed by atoms with Crippen LogP contribution >= 0.6 is 12.4 Å². The number of hydrogen-bond acceptors (Lipinski definition) is 4. The van der Waals surface area contributed by atoms with E-state index in [1.807, 2.05) is 66.4 Å². The zero-order chi connectivity index (χ0) is 20.2. The Hall–Kier alpha value is -2.57. The third-order valence-corrected chi connectivity index (χ3v) is 5.64. The Labute approximate surface area is 183 Å². The van der Waals surface area contributed by atoms with Crippen LogP contribution in [0.25, 0.3) is 0 Å². The summed E-state index contributed by atoms with van der Waals surface area (Å²) in [6.07, 6.45) is 0.232. The normalized spacial score (nSPS) is 21.3. The summed E-state index contributed by atoms with van der Waals surface area (Å²) in [5, 5.41) is 3.28. The zero-order valence-corrected chi connectivity index (χ0v) is 17.9. The predicted molar refractivity (Wildman–Crippen MR) is 119 cm³/mol. The van der Waals surface area contributed by atoms with E-state index in [2.05, 4.69) is 5.32 Å². The van der Waals surface area contributed by atoms with Crippen LogP contribution in [-0.2, 0) is 9.59 Å². The molecular formula is C23H28ClN3O3. The molecule has 2 saturated heterocycles. The van der Waals surface area contributed by atoms with Gasteiger partial charge in [0, 0.05) is 38.3 Å². The lowest BCUT2D eigenvalue weighted by atomic mass is 9.92. The Morgan fingerprint density at radius 1 is 1.07 bits per heavy atom. The predicted octanol–water partition coefficient (Wildman–Crippen LogP) is 3.03. The first-order valence-electron chi connectivity index (χ1n) is 10.3. The van der Waals surface area contributed by atoms with Crippen molar-refractivity contribution in [3.8, 4) is 5.75 Å². The maximum absolute atomic E-state index is 13.3. The summed E-state index contributed by atoms with van der Waals surface area (Å²) in [7, 11) is 0. The Morgan fingerprint density at radius 2 is 1.73 bits per heavy atom. The molecule has 0 bridgehead atoms. The highest BCUT2D eigenvalue weighted by Gasteiger charge is 2.46. The lowest BCUT2D eigenvalue weighted by molar-refractivity contribution is -0.137. The van der Waals surface area contributed by atoms with Gasteiger partial charge in [-0.15, -0.1) is 12.4 Å². The Kier molecular flexibility index (Phi) is 7.34. The van der Waals surface area contributed by atoms with Crippen molar-refractivity contribution < 1.29 is 14.3 Å². The maximum Gasteiger partial charge on any atom is 0.228 e. The van der Waals surface area contributed by atoms with Gasteiger partial charge < -0.3 is 19.9 Å². The summed E-state index contributed by atoms with van der Waals surface area (Å²) in [6, 6.07) is 17.1. The van der Waals surface area contributed by atoms with Crippen LogP contribution < -0.4 is 15.0 Å². The molecule has 2 aliphatic heterocycles. The van der Waals surface area contributed by atoms with E-state index >= 15 is 0 Å². The van der Waals surface area contributed by atoms with E-state index in [-0.39, 0.29) is 42.6 Å². The van der Waals surface area contributed by atoms with Gasteiger partial charge in [-0.1, -0.05) is 30.3 Å². The molecule has 0 aliphatic carbocycles. The highest BCUT2D eigenvalue weighted by Crippen LogP contribution is 2.42. The first kappa shape index (κ1) is 22.1. The minimum Gasteiger partial charge on any atom is -0.494 e. The van der Waals surface area contributed by atoms with Gasteiger partial charge in [0.1, 0.15) is 5.75 Å². The van der Waals surface area contributed by atoms with Gasteiger partial charge in [0.05, 0.1) is 18.6 Å². The van der Waals surface area contributed by atoms with E-state index in [9.17, 15) is 9.59 Å². The summed E-state index contributed by atoms with van der Waals surface area (Å²) in [4.78, 5) is 30.1. The summed E-state index contributed by atoms with van der Waals surface area (Å²) < 4.78 is 5.53. The number of carbonyl (C=O) groups excluding carboxylic acids is 2. The minimum atomic E-state index is -0.380. The number of piperazine rings is 1. The second kappa shape index (κ2) is 9.96. The summed E-state index contributed by atoms with van der Waals surface area (Å²) in [6.45, 7) is 5.50. The lowest BCUT2D eigenvalue weighted by Gasteiger charge is -2.33. The van der Waals surface area contributed by atoms with E-state index in [4.69, 9.17) is 4.74 Å². The van der Waals surface area contributed by atoms with Crippen LogP contribution in [0.1, 0.15) is 24.9 Å². The average Bonchev–Trinajstić information content (AvgIpc) is 3.12. The van der Waals surface area contributed by atoms with Crippen molar-refractivity contribution in [2.45, 2.75) is 19.4 Å². The van der Waals surface area contributed by atoms with Gasteiger partial charge in [0.2, 0.25) is 11.8 Å². The number of ether oxygens (including phenoxy) is 1. The van der Waals surface area contributed by atoms with Crippen LogP contribution in [0.4, 0.5) is 5.69 Å². The number of nitrogens with zero attached hydrogens (tertiary/aromatic N) is 2. The Morgan fingerprint density at radius 3 is 2.37 bits per heavy atom. The first-order valence-corrected chi connectivity index (χ1v) is 10.3. The molecule has 2 aliphatic rings. The van der Waals surface area contributed by atoms with E-state index in [1.165, 1.54) is 0 Å². The molecule has 0 radical (unpaired) electrons. The number of carbonyl (C=O) groups is 2. The summed E-state index contributed by atoms with van der Waals surface area (Å²) >= 11 is 0. The molecule has 0 saturated carbocycles. The highest BCUT2D eigenvalue weighted by atomic mass is 35.5. The summed E-state index contributed by atoms with van der Waals surface area (Å²) in [5.41, 5.74) is 1.78. The number of nitrogens with one attached hydrogen (secondary N) is 1. The third kappa shape index (κ3) is 4.45. The standard InChI is InChI=1S/C23H27N3O3.ClH/c1-2-29-19-10-8-18(9-11-19)26-21(27)16-20(22(26)17-6-4-3-5-7-17)23(28)25-14-12-24-13-15-25;/h3-11,20,22,24H,2,12-16H2,1H3;1H/t20-,22+;/m0./s1. The summed E-state index contributed by atoms with van der Waals surface area (Å²) in [5.74, 6) is 0.445. The van der Waals surface area contributed by atoms with E-state index in [1.54, 1.807) is 4.90 Å². The van der Waals surface area contributed by atoms with E-state index in [0.29, 0.717) is 19.7 Å². The number of amides is 2. The average molecular weight is 430 g/mol. The Bertz CT molecular complexity index is 854. The molecule has 7 heteroatoms. The van der Waals surface area contributed by atoms with Crippen LogP contribution in [0, 0.1) is 5.92 Å². The van der Waals surface area contributed by atoms with E-state index in [0.717, 1.165) is 30.1 Å². The van der Waals surface area contributed by atoms with Crippen molar-refractivity contribution in [2.75, 3.05) is 37.7 Å². The molecule has 0 unspecified atom stereocenters. The van der Waals surface area contributed by atoms with Crippen LogP contribution in [0.2, 0.25) is 0 Å². The van der Waals surface area contributed by atoms with Gasteiger partial charge in [0.25, 0.3) is 0 Å². The highest BCUT2D eigenvalue weighted by molar-refractivity contribution is 6.01. The largest absolute Gasteiger partial charge is 0.494 e. The van der Waals surface area contributed by atoms with Crippen LogP contribution in [-0.4, -0.2) is 49.5 Å². The molecule has 4 rings (SSSR count). The van der Waals surface area contributed by atoms with Gasteiger partial charge in [-0.25, -0.2) is 0 Å². The molecule has 1 N–H and O–H groups in total. The maximum atomic E-state index is 13.3. The van der Waals surface area contributed by atoms with E-state index < -0.39 is 0 Å². The first-order chi connectivity index (χ1) is 14.2. The molecule has 0 spiro atoms. The molecule has 160 valence electrons. The van der Waals surface area contributed by atoms with Crippen LogP contribution in [0.15, 0.2) is 54.6 Å². The quantitative estimate of drug-likeness (QED) is 0.793. The molecule has 2 amide bonds. The van der Waals surface area contributed by atoms with Crippen molar-refractivity contribution in [3.05, 3.63) is 60.2 Å². The lowest BCUT2D eigenvalue weighted by Crippen LogP contribution is -2.49. The van der Waals surface area contributed by atoms with Crippen molar-refractivity contribution >= 4 is 29.9 Å². The van der Waals surface area contributed by atoms with Gasteiger partial charge in [-0.3, -0.25) is 9.59 Å². The topological polar surface area (TPSA) is 61.9 Å². The van der Waals surface area contributed by atoms with Gasteiger partial charge in [0.15, 0.2) is 0 Å². The molecule has 2 heterocycles. The van der Waals surface area contributed by atoms with Crippen LogP contribution in [0.3, 0.4) is 0 Å². The molecule has 2 atom stereocenters. The number of anilines is 1. The molecule has 30 heavy (non-hydrogen) atoms. The van der Waals surface area contributed by atoms with Crippen molar-refractivity contribution in [1.82, 2.24) is 10.2 Å². The zero-order valence-electron chi connectivity index (χ0n) is 17.1. The number of rotatable bonds is 5. The molecular weight excluding hydrogens is 402 g/mol. The second-order valence-corrected chi connectivity index (χ2v) is 7.43. The molecule has 2 aromatic rings.